The summed E-state index contributed by atoms with van der Waals surface area (Å²) in [5, 5.41) is 0. The van der Waals surface area contributed by atoms with Gasteiger partial charge in [0.05, 0.1) is 0 Å². The Labute approximate surface area is 97.2 Å². The highest BCUT2D eigenvalue weighted by Crippen LogP contribution is 2.23. The van der Waals surface area contributed by atoms with E-state index in [2.05, 4.69) is 25.7 Å². The van der Waals surface area contributed by atoms with Gasteiger partial charge >= 0.3 is 0 Å². The van der Waals surface area contributed by atoms with Gasteiger partial charge in [0.2, 0.25) is 0 Å². The molecule has 1 heteroatoms. The Morgan fingerprint density at radius 3 is 2.07 bits per heavy atom. The molecule has 0 radical (unpaired) electrons. The van der Waals surface area contributed by atoms with Gasteiger partial charge in [-0.3, -0.25) is 0 Å². The highest BCUT2D eigenvalue weighted by Gasteiger charge is 2.18. The zero-order valence-corrected chi connectivity index (χ0v) is 11.6. The van der Waals surface area contributed by atoms with E-state index in [1.807, 2.05) is 13.8 Å². The van der Waals surface area contributed by atoms with Gasteiger partial charge in [-0.25, -0.2) is 0 Å². The second-order valence-corrected chi connectivity index (χ2v) is 4.91. The van der Waals surface area contributed by atoms with Gasteiger partial charge in [-0.05, 0) is 57.2 Å². The Bertz CT molecular complexity index is 123. The molecule has 0 amide bonds. The lowest BCUT2D eigenvalue weighted by atomic mass is 9.88. The van der Waals surface area contributed by atoms with Crippen LogP contribution in [0.5, 0.6) is 0 Å². The van der Waals surface area contributed by atoms with Crippen molar-refractivity contribution in [3.05, 3.63) is 0 Å². The quantitative estimate of drug-likeness (QED) is 0.677. The summed E-state index contributed by atoms with van der Waals surface area (Å²) in [6, 6.07) is 0. The monoisotopic (exact) mass is 213 g/mol. The average Bonchev–Trinajstić information content (AvgIpc) is 2.24. The molecule has 1 aliphatic rings. The molecule has 92 valence electrons. The topological polar surface area (TPSA) is 3.24 Å². The third-order valence-corrected chi connectivity index (χ3v) is 3.05. The highest BCUT2D eigenvalue weighted by atomic mass is 15.1. The molecule has 1 rings (SSSR count). The van der Waals surface area contributed by atoms with E-state index in [1.54, 1.807) is 0 Å². The lowest BCUT2D eigenvalue weighted by molar-refractivity contribution is 0.171. The minimum atomic E-state index is 0.891. The average molecular weight is 213 g/mol. The first-order valence-corrected chi connectivity index (χ1v) is 6.94. The lowest BCUT2D eigenvalue weighted by Gasteiger charge is -2.32. The van der Waals surface area contributed by atoms with E-state index in [1.165, 1.54) is 45.3 Å². The van der Waals surface area contributed by atoms with Gasteiger partial charge in [-0.2, -0.15) is 0 Å². The molecule has 0 N–H and O–H groups in total. The van der Waals surface area contributed by atoms with Crippen molar-refractivity contribution in [2.75, 3.05) is 19.6 Å². The molecular weight excluding hydrogens is 182 g/mol. The Kier molecular flexibility index (Phi) is 9.18. The molecule has 1 fully saturated rings. The Hall–Kier alpha value is -0.0400. The number of hydrogen-bond donors (Lipinski definition) is 0. The smallest absolute Gasteiger partial charge is 0.00161 e. The van der Waals surface area contributed by atoms with Crippen LogP contribution in [-0.4, -0.2) is 24.5 Å². The summed E-state index contributed by atoms with van der Waals surface area (Å²) in [7, 11) is 0. The molecule has 0 unspecified atom stereocenters. The fourth-order valence-corrected chi connectivity index (χ4v) is 2.43. The fourth-order valence-electron chi connectivity index (χ4n) is 2.43. The van der Waals surface area contributed by atoms with Crippen molar-refractivity contribution in [1.82, 2.24) is 4.90 Å². The summed E-state index contributed by atoms with van der Waals surface area (Å²) in [5.74, 6) is 1.91. The van der Waals surface area contributed by atoms with Gasteiger partial charge in [-0.15, -0.1) is 0 Å². The van der Waals surface area contributed by atoms with Crippen molar-refractivity contribution < 1.29 is 0 Å². The highest BCUT2D eigenvalue weighted by molar-refractivity contribution is 4.72. The van der Waals surface area contributed by atoms with E-state index < -0.39 is 0 Å². The van der Waals surface area contributed by atoms with E-state index in [4.69, 9.17) is 0 Å². The van der Waals surface area contributed by atoms with Crippen LogP contribution in [0.1, 0.15) is 60.3 Å². The van der Waals surface area contributed by atoms with Crippen LogP contribution in [0.2, 0.25) is 0 Å². The zero-order valence-electron chi connectivity index (χ0n) is 11.6. The molecule has 0 bridgehead atoms. The van der Waals surface area contributed by atoms with Crippen molar-refractivity contribution >= 4 is 0 Å². The standard InChI is InChI=1S/C12H25N.C2H6/c1-4-7-13-8-5-12(6-9-13)10-11(2)3;1-2/h11-12H,4-10H2,1-3H3;1-2H3. The van der Waals surface area contributed by atoms with Crippen molar-refractivity contribution in [3.63, 3.8) is 0 Å². The first-order chi connectivity index (χ1) is 7.22. The van der Waals surface area contributed by atoms with E-state index in [9.17, 15) is 0 Å². The molecular formula is C14H31N. The molecule has 0 atom stereocenters. The Balaban J connectivity index is 0.000000921. The predicted molar refractivity (Wildman–Crippen MR) is 70.3 cm³/mol. The summed E-state index contributed by atoms with van der Waals surface area (Å²) < 4.78 is 0. The van der Waals surface area contributed by atoms with Crippen LogP contribution in [0.4, 0.5) is 0 Å². The third-order valence-electron chi connectivity index (χ3n) is 3.05. The van der Waals surface area contributed by atoms with Crippen molar-refractivity contribution in [2.24, 2.45) is 11.8 Å². The summed E-state index contributed by atoms with van der Waals surface area (Å²) in [6.07, 6.45) is 5.64. The van der Waals surface area contributed by atoms with Gasteiger partial charge in [0.25, 0.3) is 0 Å². The number of nitrogens with zero attached hydrogens (tertiary/aromatic N) is 1. The van der Waals surface area contributed by atoms with Gasteiger partial charge in [-0.1, -0.05) is 34.6 Å². The maximum absolute atomic E-state index is 2.62. The fraction of sp³-hybridized carbons (Fsp3) is 1.00. The second-order valence-electron chi connectivity index (χ2n) is 4.91. The van der Waals surface area contributed by atoms with Crippen LogP contribution in [0.15, 0.2) is 0 Å². The molecule has 15 heavy (non-hydrogen) atoms. The van der Waals surface area contributed by atoms with E-state index in [0.717, 1.165) is 11.8 Å². The van der Waals surface area contributed by atoms with Crippen molar-refractivity contribution in [3.8, 4) is 0 Å². The largest absolute Gasteiger partial charge is 0.303 e. The van der Waals surface area contributed by atoms with Crippen molar-refractivity contribution in [2.45, 2.75) is 60.3 Å². The van der Waals surface area contributed by atoms with Gasteiger partial charge < -0.3 is 4.90 Å². The van der Waals surface area contributed by atoms with Crippen molar-refractivity contribution in [1.29, 1.82) is 0 Å². The molecule has 1 heterocycles. The van der Waals surface area contributed by atoms with Gasteiger partial charge in [0.15, 0.2) is 0 Å². The first kappa shape index (κ1) is 15.0. The molecule has 1 aliphatic heterocycles. The molecule has 0 spiro atoms. The van der Waals surface area contributed by atoms with Crippen LogP contribution >= 0.6 is 0 Å². The molecule has 0 aromatic rings. The summed E-state index contributed by atoms with van der Waals surface area (Å²) >= 11 is 0. The maximum atomic E-state index is 2.62. The first-order valence-electron chi connectivity index (χ1n) is 6.94. The Morgan fingerprint density at radius 2 is 1.67 bits per heavy atom. The maximum Gasteiger partial charge on any atom is -0.00161 e. The van der Waals surface area contributed by atoms with Crippen LogP contribution in [-0.2, 0) is 0 Å². The van der Waals surface area contributed by atoms with Gasteiger partial charge in [0, 0.05) is 0 Å². The molecule has 0 aromatic carbocycles. The summed E-state index contributed by atoms with van der Waals surface area (Å²) in [4.78, 5) is 2.62. The second kappa shape index (κ2) is 9.21. The lowest BCUT2D eigenvalue weighted by Crippen LogP contribution is -2.34. The third kappa shape index (κ3) is 6.94. The molecule has 0 aromatic heterocycles. The van der Waals surface area contributed by atoms with Gasteiger partial charge in [0.1, 0.15) is 0 Å². The van der Waals surface area contributed by atoms with Crippen LogP contribution < -0.4 is 0 Å². The normalized spacial score (nSPS) is 18.8. The number of likely N-dealkylation sites (tertiary alicyclic amines) is 1. The number of piperidine rings is 1. The minimum Gasteiger partial charge on any atom is -0.303 e. The summed E-state index contributed by atoms with van der Waals surface area (Å²) in [5.41, 5.74) is 0. The molecule has 0 saturated carbocycles. The Morgan fingerprint density at radius 1 is 1.13 bits per heavy atom. The molecule has 1 nitrogen and oxygen atoms in total. The number of rotatable bonds is 4. The minimum absolute atomic E-state index is 0.891. The van der Waals surface area contributed by atoms with Crippen LogP contribution in [0.3, 0.4) is 0 Å². The molecule has 1 saturated heterocycles. The van der Waals surface area contributed by atoms with E-state index in [-0.39, 0.29) is 0 Å². The van der Waals surface area contributed by atoms with Crippen LogP contribution in [0.25, 0.3) is 0 Å². The van der Waals surface area contributed by atoms with E-state index >= 15 is 0 Å². The summed E-state index contributed by atoms with van der Waals surface area (Å²) in [6.45, 7) is 15.0. The number of hydrogen-bond acceptors (Lipinski definition) is 1. The molecule has 0 aliphatic carbocycles. The van der Waals surface area contributed by atoms with Crippen LogP contribution in [0, 0.1) is 11.8 Å². The predicted octanol–water partition coefficient (Wildman–Crippen LogP) is 4.18. The zero-order chi connectivity index (χ0) is 11.7. The SMILES string of the molecule is CC.CCCN1CCC(CC(C)C)CC1. The van der Waals surface area contributed by atoms with E-state index in [0.29, 0.717) is 0 Å².